The molecular weight excluding hydrogens is 224 g/mol. The molecule has 1 aromatic heterocycles. The zero-order valence-electron chi connectivity index (χ0n) is 9.41. The smallest absolute Gasteiger partial charge is 0.0991 e. The molecule has 1 aliphatic rings. The number of carboxylic acid groups (broad SMARTS) is 1. The molecule has 4 nitrogen and oxygen atoms in total. The number of carboxylic acids is 1. The van der Waals surface area contributed by atoms with Crippen molar-refractivity contribution in [3.63, 3.8) is 0 Å². The van der Waals surface area contributed by atoms with Crippen molar-refractivity contribution in [3.8, 4) is 0 Å². The van der Waals surface area contributed by atoms with Gasteiger partial charge in [-0.2, -0.15) is 0 Å². The Labute approximate surface area is 98.9 Å². The summed E-state index contributed by atoms with van der Waals surface area (Å²) in [6.07, 6.45) is 3.52. The number of nitrogens with one attached hydrogen (secondary N) is 1. The maximum absolute atomic E-state index is 10.7. The van der Waals surface area contributed by atoms with Crippen LogP contribution in [0, 0.1) is 6.92 Å². The summed E-state index contributed by atoms with van der Waals surface area (Å²) in [4.78, 5) is 16.9. The summed E-state index contributed by atoms with van der Waals surface area (Å²) in [6, 6.07) is 0. The first-order chi connectivity index (χ1) is 7.66. The number of nitrogens with zero attached hydrogens (tertiary/aromatic N) is 1. The molecule has 2 heterocycles. The van der Waals surface area contributed by atoms with Gasteiger partial charge in [-0.25, -0.2) is 4.98 Å². The minimum atomic E-state index is -1.10. The summed E-state index contributed by atoms with van der Waals surface area (Å²) in [5.41, 5.74) is 0.594. The van der Waals surface area contributed by atoms with Gasteiger partial charge in [0.1, 0.15) is 0 Å². The molecule has 0 atom stereocenters. The predicted octanol–water partition coefficient (Wildman–Crippen LogP) is -0.964. The number of rotatable bonds is 4. The molecule has 0 saturated carbocycles. The highest BCUT2D eigenvalue weighted by Gasteiger charge is 2.16. The molecule has 5 heteroatoms. The third-order valence-electron chi connectivity index (χ3n) is 3.03. The van der Waals surface area contributed by atoms with Gasteiger partial charge in [-0.1, -0.05) is 0 Å². The number of hydrogen-bond acceptors (Lipinski definition) is 4. The van der Waals surface area contributed by atoms with E-state index in [1.807, 2.05) is 0 Å². The number of aryl methyl sites for hydroxylation is 1. The van der Waals surface area contributed by atoms with Crippen LogP contribution in [-0.2, 0) is 6.42 Å². The number of thiazole rings is 1. The van der Waals surface area contributed by atoms with E-state index >= 15 is 0 Å². The fraction of sp³-hybridized carbons (Fsp3) is 0.636. The summed E-state index contributed by atoms with van der Waals surface area (Å²) in [7, 11) is 0. The summed E-state index contributed by atoms with van der Waals surface area (Å²) in [5, 5.41) is 11.7. The molecular formula is C11H16N2O2S. The van der Waals surface area contributed by atoms with Crippen LogP contribution in [0.2, 0.25) is 0 Å². The Morgan fingerprint density at radius 1 is 1.50 bits per heavy atom. The number of carbonyl (C=O) groups is 1. The van der Waals surface area contributed by atoms with Crippen LogP contribution in [0.3, 0.4) is 0 Å². The van der Waals surface area contributed by atoms with E-state index in [1.54, 1.807) is 11.8 Å². The molecule has 2 rings (SSSR count). The van der Waals surface area contributed by atoms with E-state index in [-0.39, 0.29) is 4.88 Å². The average molecular weight is 240 g/mol. The number of aromatic nitrogens is 1. The molecule has 0 amide bonds. The molecule has 1 aliphatic heterocycles. The van der Waals surface area contributed by atoms with E-state index in [9.17, 15) is 9.90 Å². The van der Waals surface area contributed by atoms with Crippen molar-refractivity contribution in [1.82, 2.24) is 4.98 Å². The molecule has 0 unspecified atom stereocenters. The largest absolute Gasteiger partial charge is 0.544 e. The quantitative estimate of drug-likeness (QED) is 0.737. The van der Waals surface area contributed by atoms with Gasteiger partial charge in [0, 0.05) is 19.3 Å². The molecule has 88 valence electrons. The zero-order valence-corrected chi connectivity index (χ0v) is 10.2. The second-order valence-corrected chi connectivity index (χ2v) is 5.35. The lowest BCUT2D eigenvalue weighted by molar-refractivity contribution is -0.887. The normalized spacial score (nSPS) is 16.8. The third kappa shape index (κ3) is 2.59. The number of hydrogen-bond donors (Lipinski definition) is 1. The van der Waals surface area contributed by atoms with Crippen molar-refractivity contribution in [2.24, 2.45) is 0 Å². The van der Waals surface area contributed by atoms with Gasteiger partial charge in [0.25, 0.3) is 0 Å². The predicted molar refractivity (Wildman–Crippen MR) is 59.7 cm³/mol. The number of aromatic carboxylic acids is 1. The van der Waals surface area contributed by atoms with Gasteiger partial charge in [-0.05, 0) is 6.92 Å². The maximum Gasteiger partial charge on any atom is 0.0991 e. The summed E-state index contributed by atoms with van der Waals surface area (Å²) in [5.74, 6) is -1.10. The van der Waals surface area contributed by atoms with Gasteiger partial charge < -0.3 is 14.8 Å². The number of quaternary nitrogens is 1. The van der Waals surface area contributed by atoms with Gasteiger partial charge in [0.2, 0.25) is 0 Å². The van der Waals surface area contributed by atoms with Crippen molar-refractivity contribution in [2.75, 3.05) is 19.6 Å². The van der Waals surface area contributed by atoms with Crippen LogP contribution in [0.4, 0.5) is 0 Å². The highest BCUT2D eigenvalue weighted by Crippen LogP contribution is 2.17. The van der Waals surface area contributed by atoms with Gasteiger partial charge in [-0.3, -0.25) is 0 Å². The summed E-state index contributed by atoms with van der Waals surface area (Å²) < 4.78 is 0. The zero-order chi connectivity index (χ0) is 11.5. The van der Waals surface area contributed by atoms with E-state index in [0.29, 0.717) is 5.69 Å². The molecule has 1 saturated heterocycles. The molecule has 0 aliphatic carbocycles. The van der Waals surface area contributed by atoms with E-state index in [2.05, 4.69) is 4.98 Å². The van der Waals surface area contributed by atoms with Crippen LogP contribution in [0.1, 0.15) is 33.2 Å². The Morgan fingerprint density at radius 3 is 2.75 bits per heavy atom. The molecule has 1 N–H and O–H groups in total. The van der Waals surface area contributed by atoms with Crippen molar-refractivity contribution in [3.05, 3.63) is 15.6 Å². The van der Waals surface area contributed by atoms with Gasteiger partial charge >= 0.3 is 0 Å². The van der Waals surface area contributed by atoms with Gasteiger partial charge in [0.15, 0.2) is 0 Å². The number of likely N-dealkylation sites (tertiary alicyclic amines) is 1. The Hall–Kier alpha value is -0.940. The van der Waals surface area contributed by atoms with E-state index in [4.69, 9.17) is 0 Å². The summed E-state index contributed by atoms with van der Waals surface area (Å²) >= 11 is 1.26. The van der Waals surface area contributed by atoms with Crippen LogP contribution in [0.25, 0.3) is 0 Å². The van der Waals surface area contributed by atoms with E-state index in [0.717, 1.165) is 18.0 Å². The second kappa shape index (κ2) is 4.93. The Balaban J connectivity index is 1.94. The summed E-state index contributed by atoms with van der Waals surface area (Å²) in [6.45, 7) is 5.29. The lowest BCUT2D eigenvalue weighted by Crippen LogP contribution is -3.10. The second-order valence-electron chi connectivity index (χ2n) is 4.27. The molecule has 0 spiro atoms. The fourth-order valence-corrected chi connectivity index (χ4v) is 3.06. The highest BCUT2D eigenvalue weighted by atomic mass is 32.1. The third-order valence-corrected chi connectivity index (χ3v) is 4.23. The first kappa shape index (κ1) is 11.5. The van der Waals surface area contributed by atoms with Gasteiger partial charge in [0.05, 0.1) is 41.2 Å². The fourth-order valence-electron chi connectivity index (χ4n) is 2.16. The first-order valence-corrected chi connectivity index (χ1v) is 6.49. The van der Waals surface area contributed by atoms with E-state index in [1.165, 1.54) is 37.3 Å². The van der Waals surface area contributed by atoms with Crippen LogP contribution in [0.5, 0.6) is 0 Å². The Kier molecular flexibility index (Phi) is 3.56. The lowest BCUT2D eigenvalue weighted by atomic mass is 10.4. The SMILES string of the molecule is Cc1nc(CC[NH+]2CCCC2)sc1C(=O)[O-]. The molecule has 0 bridgehead atoms. The van der Waals surface area contributed by atoms with Crippen molar-refractivity contribution in [1.29, 1.82) is 0 Å². The van der Waals surface area contributed by atoms with Crippen LogP contribution < -0.4 is 10.0 Å². The van der Waals surface area contributed by atoms with Gasteiger partial charge in [-0.15, -0.1) is 11.3 Å². The molecule has 0 aromatic carbocycles. The van der Waals surface area contributed by atoms with Crippen LogP contribution >= 0.6 is 11.3 Å². The standard InChI is InChI=1S/C11H16N2O2S/c1-8-10(11(14)15)16-9(12-8)4-7-13-5-2-3-6-13/h2-7H2,1H3,(H,14,15). The maximum atomic E-state index is 10.7. The average Bonchev–Trinajstić information content (AvgIpc) is 2.83. The molecule has 1 aromatic rings. The minimum absolute atomic E-state index is 0.284. The molecule has 16 heavy (non-hydrogen) atoms. The monoisotopic (exact) mass is 240 g/mol. The Bertz CT molecular complexity index is 383. The van der Waals surface area contributed by atoms with Crippen molar-refractivity contribution >= 4 is 17.3 Å². The lowest BCUT2D eigenvalue weighted by Gasteiger charge is -2.09. The van der Waals surface area contributed by atoms with Crippen molar-refractivity contribution in [2.45, 2.75) is 26.2 Å². The minimum Gasteiger partial charge on any atom is -0.544 e. The highest BCUT2D eigenvalue weighted by molar-refractivity contribution is 7.13. The Morgan fingerprint density at radius 2 is 2.19 bits per heavy atom. The van der Waals surface area contributed by atoms with Crippen LogP contribution in [0.15, 0.2) is 0 Å². The topological polar surface area (TPSA) is 57.5 Å². The molecule has 1 fully saturated rings. The van der Waals surface area contributed by atoms with E-state index < -0.39 is 5.97 Å². The van der Waals surface area contributed by atoms with Crippen molar-refractivity contribution < 1.29 is 14.8 Å². The first-order valence-electron chi connectivity index (χ1n) is 5.68. The van der Waals surface area contributed by atoms with Crippen LogP contribution in [-0.4, -0.2) is 30.6 Å². The molecule has 0 radical (unpaired) electrons. The number of carbonyl (C=O) groups excluding carboxylic acids is 1.